The zero-order valence-corrected chi connectivity index (χ0v) is 17.9. The van der Waals surface area contributed by atoms with Crippen LogP contribution in [0.1, 0.15) is 11.1 Å². The Morgan fingerprint density at radius 3 is 1.56 bits per heavy atom. The molecule has 1 aliphatic heterocycles. The van der Waals surface area contributed by atoms with Crippen LogP contribution < -0.4 is 9.44 Å². The summed E-state index contributed by atoms with van der Waals surface area (Å²) in [6.45, 7) is 0. The van der Waals surface area contributed by atoms with Gasteiger partial charge in [-0.3, -0.25) is 19.0 Å². The first-order chi connectivity index (χ1) is 12.3. The lowest BCUT2D eigenvalue weighted by molar-refractivity contribution is -0.117. The Morgan fingerprint density at radius 2 is 1.08 bits per heavy atom. The molecule has 25 heavy (non-hydrogen) atoms. The molecule has 1 aliphatic rings. The molecule has 2 amide bonds. The predicted octanol–water partition coefficient (Wildman–Crippen LogP) is 3.43. The molecular weight excluding hydrogens is 413 g/mol. The summed E-state index contributed by atoms with van der Waals surface area (Å²) in [7, 11) is 0. The van der Waals surface area contributed by atoms with Crippen molar-refractivity contribution in [2.45, 2.75) is 11.5 Å². The molecule has 138 valence electrons. The molecule has 1 heterocycles. The third kappa shape index (κ3) is 9.42. The average molecular weight is 435 g/mol. The van der Waals surface area contributed by atoms with Gasteiger partial charge in [0.1, 0.15) is 0 Å². The van der Waals surface area contributed by atoms with Gasteiger partial charge in [-0.25, -0.2) is 0 Å². The first kappa shape index (κ1) is 21.2. The van der Waals surface area contributed by atoms with E-state index in [1.54, 1.807) is 23.5 Å². The molecule has 0 aliphatic carbocycles. The van der Waals surface area contributed by atoms with Crippen LogP contribution in [0.4, 0.5) is 0 Å². The molecular formula is C16H22N2O2S5. The fourth-order valence-electron chi connectivity index (χ4n) is 1.95. The van der Waals surface area contributed by atoms with Crippen molar-refractivity contribution < 1.29 is 9.59 Å². The first-order valence-electron chi connectivity index (χ1n) is 7.87. The zero-order chi connectivity index (χ0) is 17.7. The molecule has 0 saturated heterocycles. The second kappa shape index (κ2) is 13.1. The van der Waals surface area contributed by atoms with E-state index in [-0.39, 0.29) is 11.8 Å². The van der Waals surface area contributed by atoms with Crippen molar-refractivity contribution in [3.05, 3.63) is 35.4 Å². The maximum absolute atomic E-state index is 11.9. The SMILES string of the molecule is O=C1CSCCSCCSCC(=O)NSCc2ccccc2CSN1. The minimum atomic E-state index is 0.0765. The smallest absolute Gasteiger partial charge is 0.239 e. The van der Waals surface area contributed by atoms with Crippen LogP contribution in [0.3, 0.4) is 0 Å². The Bertz CT molecular complexity index is 512. The van der Waals surface area contributed by atoms with Crippen molar-refractivity contribution in [3.8, 4) is 0 Å². The van der Waals surface area contributed by atoms with Gasteiger partial charge in [0.2, 0.25) is 11.8 Å². The molecule has 0 spiro atoms. The van der Waals surface area contributed by atoms with Gasteiger partial charge in [0.25, 0.3) is 0 Å². The Labute approximate surface area is 170 Å². The lowest BCUT2D eigenvalue weighted by Crippen LogP contribution is -2.19. The largest absolute Gasteiger partial charge is 0.299 e. The minimum absolute atomic E-state index is 0.0765. The Hall–Kier alpha value is -0.0900. The summed E-state index contributed by atoms with van der Waals surface area (Å²) in [6, 6.07) is 8.15. The number of benzene rings is 1. The number of thioether (sulfide) groups is 3. The molecule has 2 N–H and O–H groups in total. The van der Waals surface area contributed by atoms with Gasteiger partial charge in [0.05, 0.1) is 11.5 Å². The summed E-state index contributed by atoms with van der Waals surface area (Å²) in [5.74, 6) is 6.68. The number of carbonyl (C=O) groups is 2. The van der Waals surface area contributed by atoms with Crippen LogP contribution in [0, 0.1) is 0 Å². The molecule has 2 rings (SSSR count). The number of carbonyl (C=O) groups excluding carboxylic acids is 2. The molecule has 0 radical (unpaired) electrons. The summed E-state index contributed by atoms with van der Waals surface area (Å²) in [6.07, 6.45) is 0. The van der Waals surface area contributed by atoms with Crippen molar-refractivity contribution in [2.24, 2.45) is 0 Å². The molecule has 0 bridgehead atoms. The molecule has 0 aromatic heterocycles. The monoisotopic (exact) mass is 434 g/mol. The fraction of sp³-hybridized carbons (Fsp3) is 0.500. The Kier molecular flexibility index (Phi) is 11.1. The summed E-state index contributed by atoms with van der Waals surface area (Å²) in [5.41, 5.74) is 2.37. The molecule has 0 atom stereocenters. The van der Waals surface area contributed by atoms with Crippen LogP contribution in [0.5, 0.6) is 0 Å². The number of nitrogens with one attached hydrogen (secondary N) is 2. The number of fused-ring (bicyclic) bond motifs is 1. The summed E-state index contributed by atoms with van der Waals surface area (Å²) in [5, 5.41) is 0. The van der Waals surface area contributed by atoms with Crippen LogP contribution >= 0.6 is 59.2 Å². The topological polar surface area (TPSA) is 58.2 Å². The normalized spacial score (nSPS) is 19.5. The van der Waals surface area contributed by atoms with Gasteiger partial charge in [0.15, 0.2) is 0 Å². The van der Waals surface area contributed by atoms with Crippen molar-refractivity contribution >= 4 is 71.0 Å². The van der Waals surface area contributed by atoms with Crippen molar-refractivity contribution in [3.63, 3.8) is 0 Å². The fourth-order valence-corrected chi connectivity index (χ4v) is 6.52. The highest BCUT2D eigenvalue weighted by atomic mass is 32.2. The molecule has 0 fully saturated rings. The van der Waals surface area contributed by atoms with E-state index < -0.39 is 0 Å². The van der Waals surface area contributed by atoms with Crippen LogP contribution in [-0.2, 0) is 21.1 Å². The van der Waals surface area contributed by atoms with E-state index in [1.165, 1.54) is 35.0 Å². The number of hydrogen-bond donors (Lipinski definition) is 2. The molecule has 0 unspecified atom stereocenters. The highest BCUT2D eigenvalue weighted by Gasteiger charge is 2.07. The zero-order valence-electron chi connectivity index (χ0n) is 13.8. The van der Waals surface area contributed by atoms with Gasteiger partial charge in [-0.1, -0.05) is 24.3 Å². The van der Waals surface area contributed by atoms with Crippen molar-refractivity contribution in [2.75, 3.05) is 34.5 Å². The predicted molar refractivity (Wildman–Crippen MR) is 117 cm³/mol. The summed E-state index contributed by atoms with van der Waals surface area (Å²) in [4.78, 5) is 23.7. The quantitative estimate of drug-likeness (QED) is 0.607. The Balaban J connectivity index is 1.89. The van der Waals surface area contributed by atoms with Crippen molar-refractivity contribution in [1.29, 1.82) is 0 Å². The molecule has 9 heteroatoms. The van der Waals surface area contributed by atoms with Gasteiger partial charge in [-0.2, -0.15) is 35.3 Å². The van der Waals surface area contributed by atoms with Crippen LogP contribution in [0.25, 0.3) is 0 Å². The van der Waals surface area contributed by atoms with E-state index in [2.05, 4.69) is 21.6 Å². The van der Waals surface area contributed by atoms with Gasteiger partial charge in [-0.15, -0.1) is 0 Å². The molecule has 1 aromatic rings. The second-order valence-electron chi connectivity index (χ2n) is 5.11. The third-order valence-electron chi connectivity index (χ3n) is 3.16. The lowest BCUT2D eigenvalue weighted by atomic mass is 10.1. The van der Waals surface area contributed by atoms with Gasteiger partial charge in [-0.05, 0) is 35.0 Å². The molecule has 1 aromatic carbocycles. The lowest BCUT2D eigenvalue weighted by Gasteiger charge is -2.10. The van der Waals surface area contributed by atoms with E-state index in [9.17, 15) is 9.59 Å². The maximum Gasteiger partial charge on any atom is 0.239 e. The minimum Gasteiger partial charge on any atom is -0.299 e. The van der Waals surface area contributed by atoms with E-state index >= 15 is 0 Å². The summed E-state index contributed by atoms with van der Waals surface area (Å²) >= 11 is 8.09. The maximum atomic E-state index is 11.9. The van der Waals surface area contributed by atoms with Crippen LogP contribution in [0.2, 0.25) is 0 Å². The number of hydrogen-bond acceptors (Lipinski definition) is 7. The highest BCUT2D eigenvalue weighted by Crippen LogP contribution is 2.19. The second-order valence-corrected chi connectivity index (χ2v) is 10.1. The number of amides is 2. The standard InChI is InChI=1S/C16H22N2O2S5/c19-15-11-22-7-5-21-6-8-23-12-16(20)18-25-10-14-4-2-1-3-13(14)9-24-17-15/h1-4H,5-12H2,(H,17,19)(H,18,20). The highest BCUT2D eigenvalue weighted by molar-refractivity contribution is 8.05. The third-order valence-corrected chi connectivity index (χ3v) is 8.23. The van der Waals surface area contributed by atoms with E-state index in [0.29, 0.717) is 11.5 Å². The molecule has 0 saturated carbocycles. The number of rotatable bonds is 0. The molecule has 4 nitrogen and oxygen atoms in total. The first-order valence-corrected chi connectivity index (χ1v) is 13.3. The van der Waals surface area contributed by atoms with Crippen LogP contribution in [0.15, 0.2) is 24.3 Å². The average Bonchev–Trinajstić information content (AvgIpc) is 2.61. The van der Waals surface area contributed by atoms with Crippen molar-refractivity contribution in [1.82, 2.24) is 9.44 Å². The van der Waals surface area contributed by atoms with E-state index in [4.69, 9.17) is 0 Å². The van der Waals surface area contributed by atoms with E-state index in [0.717, 1.165) is 34.5 Å². The Morgan fingerprint density at radius 1 is 0.640 bits per heavy atom. The van der Waals surface area contributed by atoms with Crippen LogP contribution in [-0.4, -0.2) is 46.3 Å². The van der Waals surface area contributed by atoms with Gasteiger partial charge < -0.3 is 0 Å². The van der Waals surface area contributed by atoms with Gasteiger partial charge in [0, 0.05) is 34.5 Å². The van der Waals surface area contributed by atoms with E-state index in [1.807, 2.05) is 23.9 Å². The summed E-state index contributed by atoms with van der Waals surface area (Å²) < 4.78 is 5.83. The van der Waals surface area contributed by atoms with Gasteiger partial charge >= 0.3 is 0 Å².